The van der Waals surface area contributed by atoms with Crippen LogP contribution in [0, 0.1) is 0 Å². The Kier molecular flexibility index (Phi) is 6.03. The maximum Gasteiger partial charge on any atom is 0.271 e. The van der Waals surface area contributed by atoms with Crippen LogP contribution < -0.4 is 5.32 Å². The molecule has 3 aromatic rings. The smallest absolute Gasteiger partial charge is 0.271 e. The first-order valence-corrected chi connectivity index (χ1v) is 11.2. The van der Waals surface area contributed by atoms with Crippen LogP contribution in [0.1, 0.15) is 33.6 Å². The predicted octanol–water partition coefficient (Wildman–Crippen LogP) is 2.29. The van der Waals surface area contributed by atoms with Crippen LogP contribution in [-0.4, -0.2) is 64.3 Å². The average molecular weight is 433 g/mol. The number of fused-ring (bicyclic) bond motifs is 2. The third kappa shape index (κ3) is 4.60. The number of ether oxygens (including phenoxy) is 1. The second-order valence-corrected chi connectivity index (χ2v) is 8.48. The molecule has 0 aliphatic carbocycles. The third-order valence-corrected chi connectivity index (χ3v) is 6.19. The quantitative estimate of drug-likeness (QED) is 0.625. The van der Waals surface area contributed by atoms with Crippen LogP contribution in [0.3, 0.4) is 0 Å². The zero-order valence-corrected chi connectivity index (χ0v) is 18.0. The van der Waals surface area contributed by atoms with Crippen molar-refractivity contribution in [1.82, 2.24) is 19.6 Å². The molecule has 0 saturated heterocycles. The van der Waals surface area contributed by atoms with Crippen molar-refractivity contribution in [1.29, 1.82) is 0 Å². The van der Waals surface area contributed by atoms with Gasteiger partial charge in [0.25, 0.3) is 5.91 Å². The number of carbonyl (C=O) groups excluding carboxylic acids is 1. The topological polar surface area (TPSA) is 79.1 Å². The van der Waals surface area contributed by atoms with Gasteiger partial charge in [-0.1, -0.05) is 30.3 Å². The lowest BCUT2D eigenvalue weighted by Gasteiger charge is -2.30. The Morgan fingerprint density at radius 2 is 2.03 bits per heavy atom. The number of carbonyl (C=O) groups is 1. The Balaban J connectivity index is 1.17. The van der Waals surface area contributed by atoms with Gasteiger partial charge in [-0.05, 0) is 47.2 Å². The number of benzene rings is 1. The van der Waals surface area contributed by atoms with Crippen LogP contribution in [0.2, 0.25) is 0 Å². The summed E-state index contributed by atoms with van der Waals surface area (Å²) < 4.78 is 7.26. The monoisotopic (exact) mass is 432 g/mol. The highest BCUT2D eigenvalue weighted by molar-refractivity contribution is 5.92. The Morgan fingerprint density at radius 3 is 2.88 bits per heavy atom. The lowest BCUT2D eigenvalue weighted by atomic mass is 10.00. The van der Waals surface area contributed by atoms with Gasteiger partial charge >= 0.3 is 0 Å². The van der Waals surface area contributed by atoms with Crippen molar-refractivity contribution in [3.05, 3.63) is 77.3 Å². The van der Waals surface area contributed by atoms with E-state index in [1.54, 1.807) is 6.20 Å². The lowest BCUT2D eigenvalue weighted by molar-refractivity contribution is 0.0838. The van der Waals surface area contributed by atoms with Crippen molar-refractivity contribution in [2.75, 3.05) is 32.8 Å². The van der Waals surface area contributed by atoms with Crippen LogP contribution in [0.5, 0.6) is 0 Å². The van der Waals surface area contributed by atoms with Crippen LogP contribution in [0.25, 0.3) is 11.2 Å². The minimum Gasteiger partial charge on any atom is -0.390 e. The van der Waals surface area contributed by atoms with Crippen molar-refractivity contribution >= 4 is 17.1 Å². The largest absolute Gasteiger partial charge is 0.390 e. The molecule has 0 saturated carbocycles. The summed E-state index contributed by atoms with van der Waals surface area (Å²) in [5, 5.41) is 13.3. The van der Waals surface area contributed by atoms with E-state index in [1.807, 2.05) is 22.7 Å². The van der Waals surface area contributed by atoms with Crippen LogP contribution in [-0.2, 0) is 17.7 Å². The minimum atomic E-state index is -0.631. The number of hydrogen-bond donors (Lipinski definition) is 2. The van der Waals surface area contributed by atoms with E-state index in [9.17, 15) is 9.90 Å². The first kappa shape index (κ1) is 20.9. The number of nitrogens with zero attached hydrogens (tertiary/aromatic N) is 3. The van der Waals surface area contributed by atoms with Gasteiger partial charge in [-0.3, -0.25) is 9.69 Å². The van der Waals surface area contributed by atoms with Gasteiger partial charge in [-0.15, -0.1) is 0 Å². The van der Waals surface area contributed by atoms with Crippen molar-refractivity contribution in [3.63, 3.8) is 0 Å². The van der Waals surface area contributed by atoms with Crippen molar-refractivity contribution < 1.29 is 14.6 Å². The molecular weight excluding hydrogens is 404 g/mol. The van der Waals surface area contributed by atoms with Gasteiger partial charge < -0.3 is 19.6 Å². The number of imidazole rings is 1. The van der Waals surface area contributed by atoms with E-state index in [0.29, 0.717) is 18.8 Å². The molecule has 32 heavy (non-hydrogen) atoms. The van der Waals surface area contributed by atoms with E-state index in [0.717, 1.165) is 43.7 Å². The molecule has 0 spiro atoms. The molecule has 2 aromatic heterocycles. The molecule has 7 heteroatoms. The van der Waals surface area contributed by atoms with E-state index in [-0.39, 0.29) is 12.5 Å². The number of aliphatic hydroxyl groups is 1. The van der Waals surface area contributed by atoms with E-state index >= 15 is 0 Å². The van der Waals surface area contributed by atoms with Crippen molar-refractivity contribution in [3.8, 4) is 0 Å². The summed E-state index contributed by atoms with van der Waals surface area (Å²) in [6, 6.07) is 12.4. The summed E-state index contributed by atoms with van der Waals surface area (Å²) in [7, 11) is 0. The van der Waals surface area contributed by atoms with Crippen molar-refractivity contribution in [2.45, 2.75) is 25.5 Å². The first-order chi connectivity index (χ1) is 15.7. The highest BCUT2D eigenvalue weighted by Gasteiger charge is 2.19. The number of β-amino-alcohol motifs (C(OH)–C–C–N with tert-alkyl or cyclic N) is 1. The van der Waals surface area contributed by atoms with Crippen LogP contribution in [0.4, 0.5) is 0 Å². The first-order valence-electron chi connectivity index (χ1n) is 11.2. The summed E-state index contributed by atoms with van der Waals surface area (Å²) in [5.74, 6) is -0.274. The van der Waals surface area contributed by atoms with E-state index < -0.39 is 6.10 Å². The maximum absolute atomic E-state index is 12.6. The highest BCUT2D eigenvalue weighted by Crippen LogP contribution is 2.22. The Hall–Kier alpha value is -3.00. The molecule has 5 rings (SSSR count). The Labute approximate surface area is 187 Å². The van der Waals surface area contributed by atoms with Gasteiger partial charge in [0.15, 0.2) is 0 Å². The molecule has 0 radical (unpaired) electrons. The number of hydrogen-bond acceptors (Lipinski definition) is 5. The standard InChI is InChI=1S/C25H28N4O3/c30-22(16-28-10-7-18-3-1-2-4-20(18)14-28)13-26-25(31)23-17-29-15-21(5-6-24(29)27-23)19-8-11-32-12-9-19/h1-6,8,15,17,22,30H,7,9-14,16H2,(H,26,31). The van der Waals surface area contributed by atoms with Gasteiger partial charge in [0, 0.05) is 38.6 Å². The molecule has 2 aliphatic heterocycles. The molecule has 0 bridgehead atoms. The molecule has 166 valence electrons. The summed E-state index contributed by atoms with van der Waals surface area (Å²) in [6.45, 7) is 3.84. The summed E-state index contributed by atoms with van der Waals surface area (Å²) >= 11 is 0. The molecule has 4 heterocycles. The van der Waals surface area contributed by atoms with Crippen LogP contribution in [0.15, 0.2) is 54.9 Å². The Bertz CT molecular complexity index is 1150. The van der Waals surface area contributed by atoms with E-state index in [2.05, 4.69) is 45.5 Å². The number of aliphatic hydroxyl groups excluding tert-OH is 1. The van der Waals surface area contributed by atoms with Gasteiger partial charge in [0.1, 0.15) is 11.3 Å². The third-order valence-electron chi connectivity index (χ3n) is 6.19. The predicted molar refractivity (Wildman–Crippen MR) is 122 cm³/mol. The normalized spacial score (nSPS) is 17.6. The number of amides is 1. The second kappa shape index (κ2) is 9.24. The molecule has 2 N–H and O–H groups in total. The molecule has 1 unspecified atom stereocenters. The fourth-order valence-corrected chi connectivity index (χ4v) is 4.45. The van der Waals surface area contributed by atoms with E-state index in [1.165, 1.54) is 16.7 Å². The van der Waals surface area contributed by atoms with Crippen molar-refractivity contribution in [2.24, 2.45) is 0 Å². The zero-order valence-electron chi connectivity index (χ0n) is 18.0. The highest BCUT2D eigenvalue weighted by atomic mass is 16.5. The Morgan fingerprint density at radius 1 is 1.16 bits per heavy atom. The SMILES string of the molecule is O=C(NCC(O)CN1CCc2ccccc2C1)c1cn2cc(C3=CCOCC3)ccc2n1. The van der Waals surface area contributed by atoms with Gasteiger partial charge in [0.2, 0.25) is 0 Å². The molecule has 1 aromatic carbocycles. The molecule has 2 aliphatic rings. The van der Waals surface area contributed by atoms with Crippen LogP contribution >= 0.6 is 0 Å². The summed E-state index contributed by atoms with van der Waals surface area (Å²) in [4.78, 5) is 19.3. The molecule has 0 fully saturated rings. The van der Waals surface area contributed by atoms with Gasteiger partial charge in [-0.2, -0.15) is 0 Å². The fourth-order valence-electron chi connectivity index (χ4n) is 4.45. The number of aromatic nitrogens is 2. The van der Waals surface area contributed by atoms with Gasteiger partial charge in [0.05, 0.1) is 19.3 Å². The lowest BCUT2D eigenvalue weighted by Crippen LogP contribution is -2.42. The van der Waals surface area contributed by atoms with E-state index in [4.69, 9.17) is 4.74 Å². The molecular formula is C25H28N4O3. The number of rotatable bonds is 6. The zero-order chi connectivity index (χ0) is 21.9. The fraction of sp³-hybridized carbons (Fsp3) is 0.360. The second-order valence-electron chi connectivity index (χ2n) is 8.48. The summed E-state index contributed by atoms with van der Waals surface area (Å²) in [5.41, 5.74) is 6.14. The molecule has 1 amide bonds. The summed E-state index contributed by atoms with van der Waals surface area (Å²) in [6.07, 6.45) is 7.07. The molecule has 7 nitrogen and oxygen atoms in total. The number of pyridine rings is 1. The minimum absolute atomic E-state index is 0.197. The van der Waals surface area contributed by atoms with Gasteiger partial charge in [-0.25, -0.2) is 4.98 Å². The maximum atomic E-state index is 12.6. The average Bonchev–Trinajstić information content (AvgIpc) is 3.27. The number of nitrogens with one attached hydrogen (secondary N) is 1. The molecule has 1 atom stereocenters.